The molecule has 0 radical (unpaired) electrons. The Kier molecular flexibility index (Phi) is 4.44. The Bertz CT molecular complexity index is 1390. The van der Waals surface area contributed by atoms with Crippen LogP contribution in [0.3, 0.4) is 0 Å². The molecule has 2 aliphatic rings. The van der Waals surface area contributed by atoms with Gasteiger partial charge < -0.3 is 10.1 Å². The molecule has 168 valence electrons. The lowest BCUT2D eigenvalue weighted by atomic mass is 10.1. The first-order valence-electron chi connectivity index (χ1n) is 10.9. The van der Waals surface area contributed by atoms with Crippen LogP contribution in [0.2, 0.25) is 0 Å². The van der Waals surface area contributed by atoms with Crippen LogP contribution in [0, 0.1) is 5.82 Å². The van der Waals surface area contributed by atoms with Crippen molar-refractivity contribution in [2.45, 2.75) is 38.1 Å². The number of carbonyl (C=O) groups excluding carboxylic acids is 1. The smallest absolute Gasteiger partial charge is 0.331 e. The largest absolute Gasteiger partial charge is 0.436 e. The van der Waals surface area contributed by atoms with Gasteiger partial charge in [-0.2, -0.15) is 5.10 Å². The van der Waals surface area contributed by atoms with Gasteiger partial charge in [-0.1, -0.05) is 6.92 Å². The standard InChI is InChI=1S/C23H22FN7O2/c1-23(6-7-23)18-10-19(30-29-18)28-22(32)31-9-5-14-16(31)2-3-17(20(14)24)33-21-13-4-8-25-11-15(13)26-12-27-21/h2-3,5,9-10,12,25H,4,6-8,11H2,1H3,(H2,28,29,30,32). The maximum atomic E-state index is 15.3. The molecule has 1 aliphatic carbocycles. The number of amides is 1. The van der Waals surface area contributed by atoms with E-state index in [4.69, 9.17) is 4.74 Å². The van der Waals surface area contributed by atoms with Gasteiger partial charge in [-0.25, -0.2) is 19.2 Å². The topological polar surface area (TPSA) is 110 Å². The molecular formula is C23H22FN7O2. The first-order valence-corrected chi connectivity index (χ1v) is 10.9. The van der Waals surface area contributed by atoms with Crippen LogP contribution in [0.15, 0.2) is 36.8 Å². The van der Waals surface area contributed by atoms with E-state index in [0.29, 0.717) is 30.2 Å². The van der Waals surface area contributed by atoms with Crippen LogP contribution in [0.4, 0.5) is 15.0 Å². The number of nitrogens with zero attached hydrogens (tertiary/aromatic N) is 4. The fourth-order valence-corrected chi connectivity index (χ4v) is 4.18. The number of carbonyl (C=O) groups is 1. The van der Waals surface area contributed by atoms with Gasteiger partial charge in [-0.05, 0) is 44.0 Å². The molecular weight excluding hydrogens is 425 g/mol. The average molecular weight is 447 g/mol. The molecule has 0 unspecified atom stereocenters. The summed E-state index contributed by atoms with van der Waals surface area (Å²) in [6, 6.07) is 6.15. The van der Waals surface area contributed by atoms with Gasteiger partial charge in [0.15, 0.2) is 17.4 Å². The molecule has 4 aromatic rings. The van der Waals surface area contributed by atoms with Crippen molar-refractivity contribution >= 4 is 22.8 Å². The molecule has 33 heavy (non-hydrogen) atoms. The number of halogens is 1. The van der Waals surface area contributed by atoms with E-state index in [0.717, 1.165) is 36.3 Å². The van der Waals surface area contributed by atoms with Crippen LogP contribution in [0.25, 0.3) is 10.9 Å². The van der Waals surface area contributed by atoms with Crippen LogP contribution < -0.4 is 15.4 Å². The average Bonchev–Trinajstić information content (AvgIpc) is 3.22. The van der Waals surface area contributed by atoms with E-state index in [2.05, 4.69) is 37.7 Å². The molecule has 6 rings (SSSR count). The Labute approximate surface area is 188 Å². The Hall–Kier alpha value is -3.79. The quantitative estimate of drug-likeness (QED) is 0.438. The van der Waals surface area contributed by atoms with Crippen molar-refractivity contribution < 1.29 is 13.9 Å². The highest BCUT2D eigenvalue weighted by Crippen LogP contribution is 2.47. The lowest BCUT2D eigenvalue weighted by Crippen LogP contribution is -2.25. The van der Waals surface area contributed by atoms with Crippen LogP contribution in [-0.2, 0) is 18.4 Å². The van der Waals surface area contributed by atoms with Crippen molar-refractivity contribution in [3.05, 3.63) is 59.6 Å². The summed E-state index contributed by atoms with van der Waals surface area (Å²) < 4.78 is 22.5. The molecule has 3 aromatic heterocycles. The minimum absolute atomic E-state index is 0.0507. The third-order valence-corrected chi connectivity index (χ3v) is 6.50. The van der Waals surface area contributed by atoms with E-state index >= 15 is 4.39 Å². The maximum Gasteiger partial charge on any atom is 0.331 e. The van der Waals surface area contributed by atoms with Crippen molar-refractivity contribution in [1.82, 2.24) is 30.0 Å². The van der Waals surface area contributed by atoms with Crippen LogP contribution in [0.5, 0.6) is 11.6 Å². The van der Waals surface area contributed by atoms with Gasteiger partial charge in [0.2, 0.25) is 5.88 Å². The maximum absolute atomic E-state index is 15.3. The first-order chi connectivity index (χ1) is 16.0. The van der Waals surface area contributed by atoms with E-state index in [1.807, 2.05) is 6.07 Å². The number of anilines is 1. The Balaban J connectivity index is 1.26. The number of ether oxygens (including phenoxy) is 1. The third kappa shape index (κ3) is 3.43. The fraction of sp³-hybridized carbons (Fsp3) is 0.304. The molecule has 1 fully saturated rings. The number of benzene rings is 1. The summed E-state index contributed by atoms with van der Waals surface area (Å²) >= 11 is 0. The molecule has 0 atom stereocenters. The number of nitrogens with one attached hydrogen (secondary N) is 3. The van der Waals surface area contributed by atoms with E-state index in [1.54, 1.807) is 12.1 Å². The summed E-state index contributed by atoms with van der Waals surface area (Å²) in [6.07, 6.45) is 5.86. The second kappa shape index (κ2) is 7.38. The minimum Gasteiger partial charge on any atom is -0.436 e. The highest BCUT2D eigenvalue weighted by Gasteiger charge is 2.40. The number of aromatic nitrogens is 5. The number of hydrogen-bond acceptors (Lipinski definition) is 6. The van der Waals surface area contributed by atoms with Crippen molar-refractivity contribution in [2.75, 3.05) is 11.9 Å². The molecule has 1 aromatic carbocycles. The summed E-state index contributed by atoms with van der Waals surface area (Å²) in [5.41, 5.74) is 3.29. The van der Waals surface area contributed by atoms with Crippen molar-refractivity contribution in [3.8, 4) is 11.6 Å². The zero-order valence-corrected chi connectivity index (χ0v) is 18.0. The summed E-state index contributed by atoms with van der Waals surface area (Å²) in [5.74, 6) is 0.294. The van der Waals surface area contributed by atoms with Gasteiger partial charge >= 0.3 is 6.03 Å². The lowest BCUT2D eigenvalue weighted by Gasteiger charge is -2.18. The molecule has 4 heterocycles. The molecule has 9 nitrogen and oxygen atoms in total. The molecule has 0 spiro atoms. The van der Waals surface area contributed by atoms with Crippen molar-refractivity contribution in [1.29, 1.82) is 0 Å². The zero-order chi connectivity index (χ0) is 22.6. The molecule has 1 amide bonds. The van der Waals surface area contributed by atoms with Crippen LogP contribution >= 0.6 is 0 Å². The Morgan fingerprint density at radius 2 is 2.15 bits per heavy atom. The van der Waals surface area contributed by atoms with Crippen LogP contribution in [-0.4, -0.2) is 37.3 Å². The molecule has 3 N–H and O–H groups in total. The van der Waals surface area contributed by atoms with Gasteiger partial charge in [-0.3, -0.25) is 15.0 Å². The van der Waals surface area contributed by atoms with Gasteiger partial charge in [0.05, 0.1) is 11.2 Å². The molecule has 0 bridgehead atoms. The third-order valence-electron chi connectivity index (χ3n) is 6.50. The molecule has 0 saturated heterocycles. The second-order valence-electron chi connectivity index (χ2n) is 8.79. The minimum atomic E-state index is -0.552. The number of rotatable bonds is 4. The van der Waals surface area contributed by atoms with Crippen molar-refractivity contribution in [3.63, 3.8) is 0 Å². The number of H-pyrrole nitrogens is 1. The van der Waals surface area contributed by atoms with Crippen molar-refractivity contribution in [2.24, 2.45) is 0 Å². The van der Waals surface area contributed by atoms with Gasteiger partial charge in [0.1, 0.15) is 6.33 Å². The summed E-state index contributed by atoms with van der Waals surface area (Å²) in [7, 11) is 0. The predicted octanol–water partition coefficient (Wildman–Crippen LogP) is 3.86. The van der Waals surface area contributed by atoms with E-state index in [-0.39, 0.29) is 16.6 Å². The van der Waals surface area contributed by atoms with E-state index < -0.39 is 11.8 Å². The number of aromatic amines is 1. The van der Waals surface area contributed by atoms with Crippen LogP contribution in [0.1, 0.15) is 36.7 Å². The monoisotopic (exact) mass is 447 g/mol. The normalized spacial score (nSPS) is 16.4. The summed E-state index contributed by atoms with van der Waals surface area (Å²) in [5, 5.41) is 13.5. The fourth-order valence-electron chi connectivity index (χ4n) is 4.18. The van der Waals surface area contributed by atoms with Gasteiger partial charge in [-0.15, -0.1) is 0 Å². The Morgan fingerprint density at radius 1 is 1.27 bits per heavy atom. The molecule has 1 saturated carbocycles. The molecule has 10 heteroatoms. The highest BCUT2D eigenvalue weighted by molar-refractivity contribution is 5.98. The second-order valence-corrected chi connectivity index (χ2v) is 8.79. The van der Waals surface area contributed by atoms with Gasteiger partial charge in [0.25, 0.3) is 0 Å². The Morgan fingerprint density at radius 3 is 3.00 bits per heavy atom. The van der Waals surface area contributed by atoms with Gasteiger partial charge in [0, 0.05) is 40.9 Å². The lowest BCUT2D eigenvalue weighted by molar-refractivity contribution is 0.254. The zero-order valence-electron chi connectivity index (χ0n) is 18.0. The van der Waals surface area contributed by atoms with E-state index in [1.165, 1.54) is 23.2 Å². The van der Waals surface area contributed by atoms with E-state index in [9.17, 15) is 4.79 Å². The number of hydrogen-bond donors (Lipinski definition) is 3. The first kappa shape index (κ1) is 19.9. The highest BCUT2D eigenvalue weighted by atomic mass is 19.1. The molecule has 1 aliphatic heterocycles. The number of fused-ring (bicyclic) bond motifs is 2. The predicted molar refractivity (Wildman–Crippen MR) is 119 cm³/mol. The summed E-state index contributed by atoms with van der Waals surface area (Å²) in [6.45, 7) is 3.57. The summed E-state index contributed by atoms with van der Waals surface area (Å²) in [4.78, 5) is 21.3. The SMILES string of the molecule is CC1(c2cc(NC(=O)n3ccc4c(F)c(Oc5ncnc6c5CCNC6)ccc43)n[nH]2)CC1.